The zero-order chi connectivity index (χ0) is 18.0. The molecular weight excluding hydrogens is 332 g/mol. The maximum Gasteiger partial charge on any atom is 0.310 e. The van der Waals surface area contributed by atoms with Crippen LogP contribution in [0.5, 0.6) is 5.75 Å². The third kappa shape index (κ3) is 3.40. The Morgan fingerprint density at radius 2 is 1.96 bits per heavy atom. The molecule has 2 unspecified atom stereocenters. The van der Waals surface area contributed by atoms with Crippen molar-refractivity contribution < 1.29 is 14.3 Å². The second-order valence-electron chi connectivity index (χ2n) is 6.35. The van der Waals surface area contributed by atoms with E-state index in [1.54, 1.807) is 18.9 Å². The minimum Gasteiger partial charge on any atom is -0.497 e. The predicted octanol–water partition coefficient (Wildman–Crippen LogP) is 4.59. The van der Waals surface area contributed by atoms with Crippen LogP contribution >= 0.6 is 11.8 Å². The summed E-state index contributed by atoms with van der Waals surface area (Å²) in [7, 11) is 1.66. The van der Waals surface area contributed by atoms with Crippen LogP contribution in [0.1, 0.15) is 35.1 Å². The molecule has 0 bridgehead atoms. The van der Waals surface area contributed by atoms with Crippen molar-refractivity contribution >= 4 is 17.7 Å². The first-order valence-corrected chi connectivity index (χ1v) is 9.79. The van der Waals surface area contributed by atoms with Crippen LogP contribution in [0.3, 0.4) is 0 Å². The summed E-state index contributed by atoms with van der Waals surface area (Å²) >= 11 is 1.74. The van der Waals surface area contributed by atoms with E-state index in [-0.39, 0.29) is 17.8 Å². The molecule has 2 aromatic carbocycles. The Labute approximate surface area is 153 Å². The second kappa shape index (κ2) is 7.52. The van der Waals surface area contributed by atoms with Gasteiger partial charge in [0, 0.05) is 10.8 Å². The van der Waals surface area contributed by atoms with Crippen LogP contribution in [-0.4, -0.2) is 25.9 Å². The number of hydrogen-bond acceptors (Lipinski definition) is 4. The molecule has 132 valence electrons. The van der Waals surface area contributed by atoms with E-state index in [4.69, 9.17) is 9.47 Å². The third-order valence-corrected chi connectivity index (χ3v) is 5.59. The van der Waals surface area contributed by atoms with Gasteiger partial charge in [0.25, 0.3) is 0 Å². The zero-order valence-corrected chi connectivity index (χ0v) is 16.0. The largest absolute Gasteiger partial charge is 0.497 e. The van der Waals surface area contributed by atoms with Gasteiger partial charge in [-0.2, -0.15) is 0 Å². The Hall–Kier alpha value is -1.94. The molecule has 0 aliphatic heterocycles. The van der Waals surface area contributed by atoms with Crippen LogP contribution in [0.4, 0.5) is 0 Å². The van der Waals surface area contributed by atoms with E-state index in [0.717, 1.165) is 17.7 Å². The van der Waals surface area contributed by atoms with Crippen molar-refractivity contribution in [1.29, 1.82) is 0 Å². The first-order chi connectivity index (χ1) is 12.1. The predicted molar refractivity (Wildman–Crippen MR) is 102 cm³/mol. The van der Waals surface area contributed by atoms with Gasteiger partial charge in [-0.05, 0) is 67.0 Å². The molecule has 2 aromatic rings. The normalized spacial score (nSPS) is 18.7. The molecule has 4 heteroatoms. The number of benzene rings is 2. The van der Waals surface area contributed by atoms with E-state index in [9.17, 15) is 4.79 Å². The molecule has 0 amide bonds. The smallest absolute Gasteiger partial charge is 0.310 e. The van der Waals surface area contributed by atoms with Crippen LogP contribution in [0, 0.1) is 12.8 Å². The summed E-state index contributed by atoms with van der Waals surface area (Å²) in [6, 6.07) is 12.5. The number of rotatable bonds is 5. The Bertz CT molecular complexity index is 767. The van der Waals surface area contributed by atoms with Crippen LogP contribution in [0.15, 0.2) is 41.3 Å². The molecule has 3 nitrogen and oxygen atoms in total. The maximum atomic E-state index is 12.7. The number of esters is 1. The molecule has 1 aliphatic carbocycles. The molecule has 0 saturated heterocycles. The lowest BCUT2D eigenvalue weighted by Gasteiger charge is -2.21. The Morgan fingerprint density at radius 3 is 2.56 bits per heavy atom. The fraction of sp³-hybridized carbons (Fsp3) is 0.381. The highest BCUT2D eigenvalue weighted by molar-refractivity contribution is 7.98. The average molecular weight is 356 g/mol. The third-order valence-electron chi connectivity index (χ3n) is 4.81. The number of carbonyl (C=O) groups is 1. The van der Waals surface area contributed by atoms with Gasteiger partial charge < -0.3 is 9.47 Å². The highest BCUT2D eigenvalue weighted by Crippen LogP contribution is 2.47. The van der Waals surface area contributed by atoms with Crippen molar-refractivity contribution in [3.8, 4) is 5.75 Å². The lowest BCUT2D eigenvalue weighted by molar-refractivity contribution is -0.148. The van der Waals surface area contributed by atoms with Gasteiger partial charge in [-0.25, -0.2) is 0 Å². The van der Waals surface area contributed by atoms with Crippen molar-refractivity contribution in [3.05, 3.63) is 58.7 Å². The molecule has 0 heterocycles. The number of fused-ring (bicyclic) bond motifs is 1. The summed E-state index contributed by atoms with van der Waals surface area (Å²) in [4.78, 5) is 13.9. The van der Waals surface area contributed by atoms with Gasteiger partial charge in [-0.3, -0.25) is 4.79 Å². The summed E-state index contributed by atoms with van der Waals surface area (Å²) in [5, 5.41) is 0. The zero-order valence-electron chi connectivity index (χ0n) is 15.2. The van der Waals surface area contributed by atoms with Gasteiger partial charge >= 0.3 is 5.97 Å². The molecule has 25 heavy (non-hydrogen) atoms. The quantitative estimate of drug-likeness (QED) is 0.580. The summed E-state index contributed by atoms with van der Waals surface area (Å²) in [5.74, 6) is 0.576. The molecule has 0 saturated carbocycles. The fourth-order valence-corrected chi connectivity index (χ4v) is 4.54. The molecular formula is C21H24O3S. The molecule has 0 aromatic heterocycles. The summed E-state index contributed by atoms with van der Waals surface area (Å²) in [6.45, 7) is 4.38. The Kier molecular flexibility index (Phi) is 5.38. The van der Waals surface area contributed by atoms with Crippen molar-refractivity contribution in [2.45, 2.75) is 31.1 Å². The van der Waals surface area contributed by atoms with Gasteiger partial charge in [0.2, 0.25) is 0 Å². The number of thioether (sulfide) groups is 1. The van der Waals surface area contributed by atoms with Gasteiger partial charge in [0.1, 0.15) is 5.75 Å². The topological polar surface area (TPSA) is 35.5 Å². The van der Waals surface area contributed by atoms with Crippen LogP contribution in [0.25, 0.3) is 0 Å². The summed E-state index contributed by atoms with van der Waals surface area (Å²) in [5.41, 5.74) is 4.92. The number of aryl methyl sites for hydroxylation is 1. The monoisotopic (exact) mass is 356 g/mol. The Morgan fingerprint density at radius 1 is 1.24 bits per heavy atom. The van der Waals surface area contributed by atoms with Crippen LogP contribution in [0.2, 0.25) is 0 Å². The van der Waals surface area contributed by atoms with Crippen LogP contribution in [-0.2, 0) is 16.0 Å². The summed E-state index contributed by atoms with van der Waals surface area (Å²) in [6.07, 6.45) is 2.83. The molecule has 0 N–H and O–H groups in total. The maximum absolute atomic E-state index is 12.7. The second-order valence-corrected chi connectivity index (χ2v) is 7.20. The van der Waals surface area contributed by atoms with E-state index in [2.05, 4.69) is 37.4 Å². The van der Waals surface area contributed by atoms with E-state index >= 15 is 0 Å². The average Bonchev–Trinajstić information content (AvgIpc) is 3.00. The van der Waals surface area contributed by atoms with Crippen LogP contribution < -0.4 is 4.74 Å². The molecule has 2 atom stereocenters. The van der Waals surface area contributed by atoms with Crippen molar-refractivity contribution in [3.63, 3.8) is 0 Å². The lowest BCUT2D eigenvalue weighted by atomic mass is 9.85. The molecule has 0 fully saturated rings. The van der Waals surface area contributed by atoms with Gasteiger partial charge in [0.05, 0.1) is 19.6 Å². The van der Waals surface area contributed by atoms with Crippen molar-refractivity contribution in [2.75, 3.05) is 20.0 Å². The van der Waals surface area contributed by atoms with Gasteiger partial charge in [-0.15, -0.1) is 11.8 Å². The molecule has 0 radical (unpaired) electrons. The minimum atomic E-state index is -0.170. The highest BCUT2D eigenvalue weighted by Gasteiger charge is 2.40. The first kappa shape index (κ1) is 17.9. The molecule has 3 rings (SSSR count). The van der Waals surface area contributed by atoms with Gasteiger partial charge in [-0.1, -0.05) is 18.2 Å². The lowest BCUT2D eigenvalue weighted by Crippen LogP contribution is -2.22. The number of hydrogen-bond donors (Lipinski definition) is 0. The highest BCUT2D eigenvalue weighted by atomic mass is 32.2. The number of ether oxygens (including phenoxy) is 2. The van der Waals surface area contributed by atoms with E-state index in [1.807, 2.05) is 19.1 Å². The molecule has 0 spiro atoms. The number of carbonyl (C=O) groups excluding carboxylic acids is 1. The van der Waals surface area contributed by atoms with Gasteiger partial charge in [0.15, 0.2) is 0 Å². The van der Waals surface area contributed by atoms with E-state index in [0.29, 0.717) is 6.61 Å². The SMILES string of the molecule is CCOC(=O)C1Cc2cc(C)cc(SC)c2C1c1ccc(OC)cc1. The number of methoxy groups -OCH3 is 1. The van der Waals surface area contributed by atoms with E-state index in [1.165, 1.54) is 21.6 Å². The van der Waals surface area contributed by atoms with E-state index < -0.39 is 0 Å². The standard InChI is InChI=1S/C21H24O3S/c1-5-24-21(22)17-12-15-10-13(2)11-18(25-4)20(15)19(17)14-6-8-16(23-3)9-7-14/h6-11,17,19H,5,12H2,1-4H3. The first-order valence-electron chi connectivity index (χ1n) is 8.57. The fourth-order valence-electron chi connectivity index (χ4n) is 3.76. The van der Waals surface area contributed by atoms with Crippen molar-refractivity contribution in [1.82, 2.24) is 0 Å². The molecule has 1 aliphatic rings. The minimum absolute atomic E-state index is 0.0306. The van der Waals surface area contributed by atoms with Crippen molar-refractivity contribution in [2.24, 2.45) is 5.92 Å². The summed E-state index contributed by atoms with van der Waals surface area (Å²) < 4.78 is 10.7. The Balaban J connectivity index is 2.11.